The molecular formula is C15H19N3O2S. The smallest absolute Gasteiger partial charge is 0.303 e. The van der Waals surface area contributed by atoms with Crippen LogP contribution in [0.5, 0.6) is 0 Å². The molecule has 3 heterocycles. The van der Waals surface area contributed by atoms with E-state index in [4.69, 9.17) is 5.11 Å². The van der Waals surface area contributed by atoms with Crippen LogP contribution >= 0.6 is 11.3 Å². The molecule has 1 aliphatic rings. The number of aliphatic carboxylic acids is 1. The van der Waals surface area contributed by atoms with Gasteiger partial charge in [0.15, 0.2) is 0 Å². The number of hydrogen-bond donors (Lipinski definition) is 1. The maximum Gasteiger partial charge on any atom is 0.303 e. The fourth-order valence-corrected chi connectivity index (χ4v) is 4.04. The first kappa shape index (κ1) is 14.3. The highest BCUT2D eigenvalue weighted by molar-refractivity contribution is 7.18. The molecule has 0 aromatic carbocycles. The molecule has 3 rings (SSSR count). The number of carboxylic acids is 1. The summed E-state index contributed by atoms with van der Waals surface area (Å²) in [4.78, 5) is 22.0. The van der Waals surface area contributed by atoms with Crippen LogP contribution in [-0.4, -0.2) is 33.6 Å². The maximum absolute atomic E-state index is 10.9. The van der Waals surface area contributed by atoms with Crippen molar-refractivity contribution in [2.45, 2.75) is 45.1 Å². The average Bonchev–Trinajstić information content (AvgIpc) is 2.87. The third-order valence-electron chi connectivity index (χ3n) is 4.10. The standard InChI is InChI=1S/C15H19N3O2S/c1-10-8-21-14-13(10)16-9-17-15(14)18-7-3-2-4-11(18)5-6-12(19)20/h8-9,11H,2-7H2,1H3,(H,19,20). The van der Waals surface area contributed by atoms with Crippen LogP contribution in [-0.2, 0) is 4.79 Å². The average molecular weight is 305 g/mol. The highest BCUT2D eigenvalue weighted by Gasteiger charge is 2.26. The Hall–Kier alpha value is -1.69. The second-order valence-corrected chi connectivity index (χ2v) is 6.45. The summed E-state index contributed by atoms with van der Waals surface area (Å²) in [5, 5.41) is 11.0. The number of aryl methyl sites for hydroxylation is 1. The number of anilines is 1. The molecule has 2 aromatic rings. The van der Waals surface area contributed by atoms with Crippen molar-refractivity contribution in [1.82, 2.24) is 9.97 Å². The number of carboxylic acid groups (broad SMARTS) is 1. The lowest BCUT2D eigenvalue weighted by Gasteiger charge is -2.36. The van der Waals surface area contributed by atoms with Gasteiger partial charge < -0.3 is 10.0 Å². The van der Waals surface area contributed by atoms with E-state index in [9.17, 15) is 4.79 Å². The van der Waals surface area contributed by atoms with Crippen LogP contribution in [0, 0.1) is 6.92 Å². The first-order valence-electron chi connectivity index (χ1n) is 7.34. The lowest BCUT2D eigenvalue weighted by molar-refractivity contribution is -0.137. The number of thiophene rings is 1. The zero-order valence-electron chi connectivity index (χ0n) is 12.1. The number of fused-ring (bicyclic) bond motifs is 1. The van der Waals surface area contributed by atoms with Gasteiger partial charge in [0.05, 0.1) is 10.2 Å². The fraction of sp³-hybridized carbons (Fsp3) is 0.533. The van der Waals surface area contributed by atoms with Crippen LogP contribution in [0.2, 0.25) is 0 Å². The fourth-order valence-electron chi connectivity index (χ4n) is 3.03. The van der Waals surface area contributed by atoms with E-state index < -0.39 is 5.97 Å². The van der Waals surface area contributed by atoms with Gasteiger partial charge in [-0.05, 0) is 43.6 Å². The Balaban J connectivity index is 1.92. The molecule has 0 amide bonds. The summed E-state index contributed by atoms with van der Waals surface area (Å²) in [5.41, 5.74) is 2.20. The molecule has 0 saturated carbocycles. The van der Waals surface area contributed by atoms with E-state index in [-0.39, 0.29) is 12.5 Å². The van der Waals surface area contributed by atoms with Gasteiger partial charge in [-0.15, -0.1) is 11.3 Å². The van der Waals surface area contributed by atoms with Crippen molar-refractivity contribution in [3.63, 3.8) is 0 Å². The van der Waals surface area contributed by atoms with E-state index >= 15 is 0 Å². The van der Waals surface area contributed by atoms with E-state index in [1.165, 1.54) is 12.0 Å². The minimum absolute atomic E-state index is 0.221. The Morgan fingerprint density at radius 2 is 2.33 bits per heavy atom. The van der Waals surface area contributed by atoms with Crippen LogP contribution in [0.15, 0.2) is 11.7 Å². The molecule has 5 nitrogen and oxygen atoms in total. The monoisotopic (exact) mass is 305 g/mol. The predicted octanol–water partition coefficient (Wildman–Crippen LogP) is 3.22. The van der Waals surface area contributed by atoms with Gasteiger partial charge in [-0.2, -0.15) is 0 Å². The Bertz CT molecular complexity index is 655. The van der Waals surface area contributed by atoms with Gasteiger partial charge in [-0.3, -0.25) is 4.79 Å². The zero-order valence-corrected chi connectivity index (χ0v) is 12.9. The minimum atomic E-state index is -0.722. The van der Waals surface area contributed by atoms with Gasteiger partial charge in [-0.25, -0.2) is 9.97 Å². The zero-order chi connectivity index (χ0) is 14.8. The SMILES string of the molecule is Cc1csc2c(N3CCCCC3CCC(=O)O)ncnc12. The molecule has 0 radical (unpaired) electrons. The van der Waals surface area contributed by atoms with Gasteiger partial charge in [0.2, 0.25) is 0 Å². The Morgan fingerprint density at radius 3 is 3.14 bits per heavy atom. The first-order valence-corrected chi connectivity index (χ1v) is 8.22. The molecule has 1 unspecified atom stereocenters. The molecule has 1 fully saturated rings. The van der Waals surface area contributed by atoms with Crippen molar-refractivity contribution in [3.8, 4) is 0 Å². The van der Waals surface area contributed by atoms with Gasteiger partial charge in [0, 0.05) is 19.0 Å². The van der Waals surface area contributed by atoms with E-state index in [2.05, 4.69) is 27.2 Å². The Morgan fingerprint density at radius 1 is 1.48 bits per heavy atom. The second-order valence-electron chi connectivity index (χ2n) is 5.57. The number of hydrogen-bond acceptors (Lipinski definition) is 5. The largest absolute Gasteiger partial charge is 0.481 e. The number of rotatable bonds is 4. The van der Waals surface area contributed by atoms with Crippen LogP contribution in [0.4, 0.5) is 5.82 Å². The van der Waals surface area contributed by atoms with Crippen LogP contribution in [0.3, 0.4) is 0 Å². The summed E-state index contributed by atoms with van der Waals surface area (Å²) in [7, 11) is 0. The molecular weight excluding hydrogens is 286 g/mol. The summed E-state index contributed by atoms with van der Waals surface area (Å²) in [6.07, 6.45) is 5.88. The molecule has 0 spiro atoms. The highest BCUT2D eigenvalue weighted by Crippen LogP contribution is 2.34. The van der Waals surface area contributed by atoms with Crippen LogP contribution in [0.25, 0.3) is 10.2 Å². The van der Waals surface area contributed by atoms with Gasteiger partial charge >= 0.3 is 5.97 Å². The number of aromatic nitrogens is 2. The molecule has 1 N–H and O–H groups in total. The topological polar surface area (TPSA) is 66.3 Å². The van der Waals surface area contributed by atoms with Crippen molar-refractivity contribution in [3.05, 3.63) is 17.3 Å². The summed E-state index contributed by atoms with van der Waals surface area (Å²) in [5.74, 6) is 0.258. The lowest BCUT2D eigenvalue weighted by Crippen LogP contribution is -2.40. The van der Waals surface area contributed by atoms with Crippen molar-refractivity contribution in [2.24, 2.45) is 0 Å². The summed E-state index contributed by atoms with van der Waals surface area (Å²) >= 11 is 1.68. The number of carbonyl (C=O) groups is 1. The molecule has 0 bridgehead atoms. The predicted molar refractivity (Wildman–Crippen MR) is 84.0 cm³/mol. The third kappa shape index (κ3) is 2.85. The molecule has 2 aromatic heterocycles. The summed E-state index contributed by atoms with van der Waals surface area (Å²) < 4.78 is 1.12. The van der Waals surface area contributed by atoms with Crippen LogP contribution < -0.4 is 4.90 Å². The molecule has 21 heavy (non-hydrogen) atoms. The molecule has 1 aliphatic heterocycles. The van der Waals surface area contributed by atoms with Crippen molar-refractivity contribution >= 4 is 33.3 Å². The van der Waals surface area contributed by atoms with Gasteiger partial charge in [-0.1, -0.05) is 0 Å². The molecule has 1 saturated heterocycles. The highest BCUT2D eigenvalue weighted by atomic mass is 32.1. The van der Waals surface area contributed by atoms with Crippen LogP contribution in [0.1, 0.15) is 37.7 Å². The Kier molecular flexibility index (Phi) is 4.05. The first-order chi connectivity index (χ1) is 10.2. The quantitative estimate of drug-likeness (QED) is 0.939. The molecule has 112 valence electrons. The van der Waals surface area contributed by atoms with E-state index in [0.29, 0.717) is 6.42 Å². The Labute approximate surface area is 127 Å². The van der Waals surface area contributed by atoms with Crippen molar-refractivity contribution < 1.29 is 9.90 Å². The third-order valence-corrected chi connectivity index (χ3v) is 5.19. The lowest BCUT2D eigenvalue weighted by atomic mass is 9.98. The minimum Gasteiger partial charge on any atom is -0.481 e. The van der Waals surface area contributed by atoms with Gasteiger partial charge in [0.1, 0.15) is 12.1 Å². The van der Waals surface area contributed by atoms with Crippen molar-refractivity contribution in [1.29, 1.82) is 0 Å². The van der Waals surface area contributed by atoms with E-state index in [1.54, 1.807) is 17.7 Å². The molecule has 0 aliphatic carbocycles. The van der Waals surface area contributed by atoms with Gasteiger partial charge in [0.25, 0.3) is 0 Å². The summed E-state index contributed by atoms with van der Waals surface area (Å²) in [6.45, 7) is 3.01. The van der Waals surface area contributed by atoms with Crippen molar-refractivity contribution in [2.75, 3.05) is 11.4 Å². The van der Waals surface area contributed by atoms with E-state index in [0.717, 1.165) is 35.4 Å². The molecule has 6 heteroatoms. The summed E-state index contributed by atoms with van der Waals surface area (Å²) in [6, 6.07) is 0.273. The normalized spacial score (nSPS) is 19.1. The maximum atomic E-state index is 10.9. The molecule has 1 atom stereocenters. The second kappa shape index (κ2) is 5.97. The number of nitrogens with zero attached hydrogens (tertiary/aromatic N) is 3. The van der Waals surface area contributed by atoms with E-state index in [1.807, 2.05) is 0 Å². The number of piperidine rings is 1.